The maximum Gasteiger partial charge on any atom is 0.151 e. The molecule has 0 saturated heterocycles. The molecule has 136 valence electrons. The Hall–Kier alpha value is -2.58. The molecule has 1 atom stereocenters. The highest BCUT2D eigenvalue weighted by Crippen LogP contribution is 2.38. The van der Waals surface area contributed by atoms with Gasteiger partial charge in [-0.25, -0.2) is 0 Å². The Morgan fingerprint density at radius 3 is 2.19 bits per heavy atom. The lowest BCUT2D eigenvalue weighted by Crippen LogP contribution is -2.44. The predicted molar refractivity (Wildman–Crippen MR) is 114 cm³/mol. The Morgan fingerprint density at radius 1 is 0.815 bits per heavy atom. The van der Waals surface area contributed by atoms with E-state index in [0.29, 0.717) is 0 Å². The lowest BCUT2D eigenvalue weighted by Gasteiger charge is -2.32. The first-order valence-corrected chi connectivity index (χ1v) is 9.81. The molecular formula is C24H23ClN2. The van der Waals surface area contributed by atoms with Crippen LogP contribution in [0.5, 0.6) is 0 Å². The van der Waals surface area contributed by atoms with Crippen LogP contribution in [0.25, 0.3) is 0 Å². The molecule has 1 N–H and O–H groups in total. The largest absolute Gasteiger partial charge is 0.372 e. The molecule has 0 fully saturated rings. The molecule has 0 aromatic heterocycles. The summed E-state index contributed by atoms with van der Waals surface area (Å²) in [5.41, 5.74) is 4.63. The molecule has 0 saturated carbocycles. The molecule has 0 radical (unpaired) electrons. The van der Waals surface area contributed by atoms with Crippen LogP contribution in [0.2, 0.25) is 0 Å². The summed E-state index contributed by atoms with van der Waals surface area (Å²) in [5, 5.41) is 3.44. The van der Waals surface area contributed by atoms with E-state index in [4.69, 9.17) is 16.6 Å². The molecule has 3 aromatic carbocycles. The summed E-state index contributed by atoms with van der Waals surface area (Å²) in [6, 6.07) is 29.3. The van der Waals surface area contributed by atoms with Crippen molar-refractivity contribution < 1.29 is 0 Å². The van der Waals surface area contributed by atoms with Crippen LogP contribution in [-0.4, -0.2) is 18.9 Å². The van der Waals surface area contributed by atoms with E-state index in [-0.39, 0.29) is 0 Å². The number of aliphatic imine (C=N–C) groups is 1. The van der Waals surface area contributed by atoms with E-state index in [9.17, 15) is 0 Å². The first kappa shape index (κ1) is 17.8. The smallest absolute Gasteiger partial charge is 0.151 e. The second kappa shape index (κ2) is 7.98. The van der Waals surface area contributed by atoms with Gasteiger partial charge in [0.25, 0.3) is 0 Å². The highest BCUT2D eigenvalue weighted by molar-refractivity contribution is 6.38. The third kappa shape index (κ3) is 3.77. The van der Waals surface area contributed by atoms with Crippen molar-refractivity contribution in [3.63, 3.8) is 0 Å². The number of halogens is 1. The lowest BCUT2D eigenvalue weighted by atomic mass is 9.87. The zero-order chi connectivity index (χ0) is 18.5. The fourth-order valence-corrected chi connectivity index (χ4v) is 3.97. The van der Waals surface area contributed by atoms with Crippen LogP contribution in [-0.2, 0) is 11.3 Å². The van der Waals surface area contributed by atoms with Gasteiger partial charge in [-0.1, -0.05) is 84.9 Å². The topological polar surface area (TPSA) is 24.4 Å². The quantitative estimate of drug-likeness (QED) is 0.613. The fourth-order valence-electron chi connectivity index (χ4n) is 3.60. The minimum atomic E-state index is -0.797. The summed E-state index contributed by atoms with van der Waals surface area (Å²) in [6.45, 7) is 1.72. The summed E-state index contributed by atoms with van der Waals surface area (Å²) < 4.78 is 0. The predicted octanol–water partition coefficient (Wildman–Crippen LogP) is 5.15. The van der Waals surface area contributed by atoms with E-state index in [2.05, 4.69) is 66.0 Å². The van der Waals surface area contributed by atoms with Crippen LogP contribution in [0.3, 0.4) is 0 Å². The normalized spacial score (nSPS) is 16.1. The number of rotatable bonds is 5. The van der Waals surface area contributed by atoms with Crippen molar-refractivity contribution in [2.45, 2.75) is 17.7 Å². The van der Waals surface area contributed by atoms with E-state index >= 15 is 0 Å². The highest BCUT2D eigenvalue weighted by atomic mass is 35.5. The molecule has 2 nitrogen and oxygen atoms in total. The van der Waals surface area contributed by atoms with Crippen molar-refractivity contribution >= 4 is 17.4 Å². The minimum absolute atomic E-state index is 0.797. The molecule has 1 heterocycles. The summed E-state index contributed by atoms with van der Waals surface area (Å²) in [6.07, 6.45) is 1.93. The van der Waals surface area contributed by atoms with Crippen molar-refractivity contribution in [3.05, 3.63) is 107 Å². The molecule has 1 unspecified atom stereocenters. The van der Waals surface area contributed by atoms with Gasteiger partial charge < -0.3 is 5.32 Å². The zero-order valence-electron chi connectivity index (χ0n) is 15.2. The van der Waals surface area contributed by atoms with Crippen molar-refractivity contribution in [1.82, 2.24) is 5.32 Å². The maximum absolute atomic E-state index is 7.35. The second-order valence-corrected chi connectivity index (χ2v) is 7.46. The number of hydrogen-bond donors (Lipinski definition) is 1. The molecule has 1 aliphatic rings. The van der Waals surface area contributed by atoms with Gasteiger partial charge in [0.2, 0.25) is 0 Å². The highest BCUT2D eigenvalue weighted by Gasteiger charge is 2.38. The van der Waals surface area contributed by atoms with Crippen LogP contribution >= 0.6 is 11.6 Å². The third-order valence-corrected chi connectivity index (χ3v) is 5.59. The molecule has 27 heavy (non-hydrogen) atoms. The lowest BCUT2D eigenvalue weighted by molar-refractivity contribution is 0.707. The van der Waals surface area contributed by atoms with E-state index in [1.807, 2.05) is 24.3 Å². The van der Waals surface area contributed by atoms with Crippen molar-refractivity contribution in [1.29, 1.82) is 0 Å². The number of amidine groups is 1. The zero-order valence-corrected chi connectivity index (χ0v) is 16.0. The Bertz CT molecular complexity index is 921. The number of nitrogens with zero attached hydrogens (tertiary/aromatic N) is 1. The van der Waals surface area contributed by atoms with Gasteiger partial charge in [0.15, 0.2) is 4.87 Å². The van der Waals surface area contributed by atoms with Crippen LogP contribution in [0, 0.1) is 0 Å². The van der Waals surface area contributed by atoms with E-state index in [0.717, 1.165) is 42.9 Å². The Balaban J connectivity index is 1.77. The fraction of sp³-hybridized carbons (Fsp3) is 0.208. The minimum Gasteiger partial charge on any atom is -0.372 e. The number of nitrogens with one attached hydrogen (secondary N) is 1. The molecule has 0 amide bonds. The van der Waals surface area contributed by atoms with E-state index < -0.39 is 4.87 Å². The van der Waals surface area contributed by atoms with E-state index in [1.54, 1.807) is 0 Å². The first-order chi connectivity index (χ1) is 13.3. The summed E-state index contributed by atoms with van der Waals surface area (Å²) in [5.74, 6) is 0.846. The average Bonchev–Trinajstić information content (AvgIpc) is 2.75. The van der Waals surface area contributed by atoms with Crippen LogP contribution in [0.15, 0.2) is 89.9 Å². The van der Waals surface area contributed by atoms with Gasteiger partial charge in [0.05, 0.1) is 0 Å². The average molecular weight is 375 g/mol. The summed E-state index contributed by atoms with van der Waals surface area (Å²) >= 11 is 7.35. The molecule has 0 bridgehead atoms. The summed E-state index contributed by atoms with van der Waals surface area (Å²) in [4.78, 5) is 3.94. The number of hydrogen-bond acceptors (Lipinski definition) is 2. The van der Waals surface area contributed by atoms with Gasteiger partial charge in [-0.15, -0.1) is 11.6 Å². The standard InChI is InChI=1S/C24H23ClN2/c25-24(21-12-5-2-6-13-21,23-26-15-8-16-27-23)22-14-7-11-20(18-22)17-19-9-3-1-4-10-19/h1-7,9-14,18H,8,15-17H2,(H,26,27). The molecule has 0 spiro atoms. The SMILES string of the molecule is ClC(C1=NCCCN1)(c1ccccc1)c1cccc(Cc2ccccc2)c1. The maximum atomic E-state index is 7.35. The monoisotopic (exact) mass is 374 g/mol. The van der Waals surface area contributed by atoms with Crippen LogP contribution in [0.4, 0.5) is 0 Å². The van der Waals surface area contributed by atoms with Crippen molar-refractivity contribution in [3.8, 4) is 0 Å². The molecule has 4 rings (SSSR count). The van der Waals surface area contributed by atoms with Gasteiger partial charge in [0.1, 0.15) is 5.84 Å². The Morgan fingerprint density at radius 2 is 1.48 bits per heavy atom. The molecule has 0 aliphatic carbocycles. The molecule has 1 aliphatic heterocycles. The van der Waals surface area contributed by atoms with Crippen molar-refractivity contribution in [2.75, 3.05) is 13.1 Å². The first-order valence-electron chi connectivity index (χ1n) is 9.43. The van der Waals surface area contributed by atoms with Crippen molar-refractivity contribution in [2.24, 2.45) is 4.99 Å². The van der Waals surface area contributed by atoms with Gasteiger partial charge in [-0.05, 0) is 35.1 Å². The Labute approximate surface area is 165 Å². The summed E-state index contributed by atoms with van der Waals surface area (Å²) in [7, 11) is 0. The molecular weight excluding hydrogens is 352 g/mol. The van der Waals surface area contributed by atoms with E-state index in [1.165, 1.54) is 11.1 Å². The van der Waals surface area contributed by atoms with Gasteiger partial charge in [-0.3, -0.25) is 4.99 Å². The van der Waals surface area contributed by atoms with Crippen LogP contribution in [0.1, 0.15) is 28.7 Å². The number of alkyl halides is 1. The van der Waals surface area contributed by atoms with Gasteiger partial charge in [-0.2, -0.15) is 0 Å². The van der Waals surface area contributed by atoms with Gasteiger partial charge >= 0.3 is 0 Å². The molecule has 3 heteroatoms. The Kier molecular flexibility index (Phi) is 5.26. The number of benzene rings is 3. The molecule has 3 aromatic rings. The second-order valence-electron chi connectivity index (χ2n) is 6.90. The third-order valence-electron chi connectivity index (χ3n) is 4.97. The van der Waals surface area contributed by atoms with Crippen LogP contribution < -0.4 is 5.32 Å². The van der Waals surface area contributed by atoms with Gasteiger partial charge in [0, 0.05) is 13.1 Å².